The summed E-state index contributed by atoms with van der Waals surface area (Å²) in [5, 5.41) is 5.17. The van der Waals surface area contributed by atoms with Crippen molar-refractivity contribution in [3.05, 3.63) is 75.8 Å². The number of rotatable bonds is 6. The standard InChI is InChI=1S/C19H17ClN2O3S/c1-12-17(13(2)25-22-12)11-26-18-16(7-4-8-21-18)19(23)24-10-14-5-3-6-15(20)9-14/h3-9H,10-11H2,1-2H3. The fraction of sp³-hybridized carbons (Fsp3) is 0.211. The van der Waals surface area contributed by atoms with E-state index in [-0.39, 0.29) is 6.61 Å². The molecule has 3 rings (SSSR count). The molecule has 0 bridgehead atoms. The lowest BCUT2D eigenvalue weighted by Gasteiger charge is -2.09. The third-order valence-electron chi connectivity index (χ3n) is 3.78. The summed E-state index contributed by atoms with van der Waals surface area (Å²) in [5.74, 6) is 0.975. The van der Waals surface area contributed by atoms with Gasteiger partial charge in [0.05, 0.1) is 11.3 Å². The van der Waals surface area contributed by atoms with Crippen LogP contribution in [0.15, 0.2) is 52.1 Å². The summed E-state index contributed by atoms with van der Waals surface area (Å²) in [6.45, 7) is 3.92. The number of ether oxygens (including phenoxy) is 1. The van der Waals surface area contributed by atoms with E-state index in [4.69, 9.17) is 20.9 Å². The number of esters is 1. The Labute approximate surface area is 160 Å². The molecular weight excluding hydrogens is 372 g/mol. The summed E-state index contributed by atoms with van der Waals surface area (Å²) in [6, 6.07) is 10.7. The van der Waals surface area contributed by atoms with Crippen LogP contribution in [0, 0.1) is 13.8 Å². The number of carbonyl (C=O) groups excluding carboxylic acids is 1. The van der Waals surface area contributed by atoms with Gasteiger partial charge in [0.1, 0.15) is 17.4 Å². The van der Waals surface area contributed by atoms with Gasteiger partial charge in [-0.25, -0.2) is 9.78 Å². The lowest BCUT2D eigenvalue weighted by atomic mass is 10.2. The van der Waals surface area contributed by atoms with Crippen LogP contribution in [0.5, 0.6) is 0 Å². The fourth-order valence-corrected chi connectivity index (χ4v) is 3.71. The maximum absolute atomic E-state index is 12.5. The number of nitrogens with zero attached hydrogens (tertiary/aromatic N) is 2. The van der Waals surface area contributed by atoms with Crippen LogP contribution in [0.25, 0.3) is 0 Å². The molecule has 0 atom stereocenters. The van der Waals surface area contributed by atoms with Crippen molar-refractivity contribution in [2.45, 2.75) is 31.2 Å². The SMILES string of the molecule is Cc1noc(C)c1CSc1ncccc1C(=O)OCc1cccc(Cl)c1. The number of halogens is 1. The molecule has 0 saturated carbocycles. The summed E-state index contributed by atoms with van der Waals surface area (Å²) < 4.78 is 10.6. The maximum atomic E-state index is 12.5. The quantitative estimate of drug-likeness (QED) is 0.438. The first-order valence-electron chi connectivity index (χ1n) is 7.95. The Bertz CT molecular complexity index is 907. The molecule has 0 spiro atoms. The van der Waals surface area contributed by atoms with Gasteiger partial charge in [-0.1, -0.05) is 28.9 Å². The molecule has 2 aromatic heterocycles. The molecule has 0 aliphatic heterocycles. The molecule has 134 valence electrons. The molecule has 0 unspecified atom stereocenters. The lowest BCUT2D eigenvalue weighted by Crippen LogP contribution is -2.07. The van der Waals surface area contributed by atoms with E-state index in [1.807, 2.05) is 26.0 Å². The van der Waals surface area contributed by atoms with Gasteiger partial charge in [0.2, 0.25) is 0 Å². The number of benzene rings is 1. The first-order chi connectivity index (χ1) is 12.5. The van der Waals surface area contributed by atoms with Crippen LogP contribution in [0.2, 0.25) is 5.02 Å². The van der Waals surface area contributed by atoms with E-state index in [2.05, 4.69) is 10.1 Å². The molecule has 1 aromatic carbocycles. The van der Waals surface area contributed by atoms with E-state index in [1.165, 1.54) is 11.8 Å². The van der Waals surface area contributed by atoms with Crippen LogP contribution < -0.4 is 0 Å². The predicted molar refractivity (Wildman–Crippen MR) is 100 cm³/mol. The van der Waals surface area contributed by atoms with E-state index in [1.54, 1.807) is 30.5 Å². The normalized spacial score (nSPS) is 10.7. The van der Waals surface area contributed by atoms with Crippen molar-refractivity contribution in [1.29, 1.82) is 0 Å². The molecule has 0 amide bonds. The average molecular weight is 389 g/mol. The Kier molecular flexibility index (Phi) is 5.96. The van der Waals surface area contributed by atoms with Crippen LogP contribution in [0.3, 0.4) is 0 Å². The second-order valence-electron chi connectivity index (χ2n) is 5.65. The van der Waals surface area contributed by atoms with E-state index in [0.29, 0.717) is 21.4 Å². The number of pyridine rings is 1. The molecule has 0 fully saturated rings. The highest BCUT2D eigenvalue weighted by Crippen LogP contribution is 2.27. The highest BCUT2D eigenvalue weighted by Gasteiger charge is 2.16. The second-order valence-corrected chi connectivity index (χ2v) is 7.05. The molecule has 7 heteroatoms. The Hall–Kier alpha value is -2.31. The first kappa shape index (κ1) is 18.5. The first-order valence-corrected chi connectivity index (χ1v) is 9.32. The Morgan fingerprint density at radius 1 is 1.27 bits per heavy atom. The number of thioether (sulfide) groups is 1. The molecule has 0 N–H and O–H groups in total. The van der Waals surface area contributed by atoms with Gasteiger partial charge in [0.25, 0.3) is 0 Å². The zero-order valence-corrected chi connectivity index (χ0v) is 15.9. The van der Waals surface area contributed by atoms with E-state index in [0.717, 1.165) is 22.6 Å². The van der Waals surface area contributed by atoms with E-state index in [9.17, 15) is 4.79 Å². The molecule has 26 heavy (non-hydrogen) atoms. The summed E-state index contributed by atoms with van der Waals surface area (Å²) in [4.78, 5) is 16.8. The van der Waals surface area contributed by atoms with Crippen molar-refractivity contribution >= 4 is 29.3 Å². The summed E-state index contributed by atoms with van der Waals surface area (Å²) in [5.41, 5.74) is 3.13. The Morgan fingerprint density at radius 2 is 2.12 bits per heavy atom. The van der Waals surface area contributed by atoms with Gasteiger partial charge in [0, 0.05) is 22.5 Å². The van der Waals surface area contributed by atoms with Crippen molar-refractivity contribution in [2.75, 3.05) is 0 Å². The highest BCUT2D eigenvalue weighted by atomic mass is 35.5. The monoisotopic (exact) mass is 388 g/mol. The van der Waals surface area contributed by atoms with E-state index >= 15 is 0 Å². The minimum atomic E-state index is -0.417. The lowest BCUT2D eigenvalue weighted by molar-refractivity contribution is 0.0467. The van der Waals surface area contributed by atoms with Crippen LogP contribution in [-0.4, -0.2) is 16.1 Å². The van der Waals surface area contributed by atoms with Gasteiger partial charge in [-0.05, 0) is 43.7 Å². The molecule has 0 saturated heterocycles. The van der Waals surface area contributed by atoms with Crippen molar-refractivity contribution in [1.82, 2.24) is 10.1 Å². The largest absolute Gasteiger partial charge is 0.457 e. The number of hydrogen-bond donors (Lipinski definition) is 0. The molecule has 5 nitrogen and oxygen atoms in total. The number of carbonyl (C=O) groups is 1. The smallest absolute Gasteiger partial charge is 0.341 e. The molecule has 0 aliphatic rings. The van der Waals surface area contributed by atoms with Gasteiger partial charge in [0.15, 0.2) is 0 Å². The summed E-state index contributed by atoms with van der Waals surface area (Å²) in [6.07, 6.45) is 1.66. The zero-order valence-electron chi connectivity index (χ0n) is 14.4. The third-order valence-corrected chi connectivity index (χ3v) is 5.05. The van der Waals surface area contributed by atoms with Crippen molar-refractivity contribution in [2.24, 2.45) is 0 Å². The number of hydrogen-bond acceptors (Lipinski definition) is 6. The fourth-order valence-electron chi connectivity index (χ4n) is 2.36. The van der Waals surface area contributed by atoms with Crippen LogP contribution in [0.4, 0.5) is 0 Å². The van der Waals surface area contributed by atoms with Crippen molar-refractivity contribution < 1.29 is 14.1 Å². The predicted octanol–water partition coefficient (Wildman–Crippen LogP) is 4.99. The average Bonchev–Trinajstić information content (AvgIpc) is 2.96. The van der Waals surface area contributed by atoms with Gasteiger partial charge >= 0.3 is 5.97 Å². The number of aromatic nitrogens is 2. The summed E-state index contributed by atoms with van der Waals surface area (Å²) in [7, 11) is 0. The van der Waals surface area contributed by atoms with Crippen molar-refractivity contribution in [3.8, 4) is 0 Å². The van der Waals surface area contributed by atoms with Crippen LogP contribution in [0.1, 0.15) is 32.9 Å². The van der Waals surface area contributed by atoms with E-state index < -0.39 is 5.97 Å². The molecular formula is C19H17ClN2O3S. The van der Waals surface area contributed by atoms with Crippen LogP contribution >= 0.6 is 23.4 Å². The molecule has 0 aliphatic carbocycles. The van der Waals surface area contributed by atoms with Gasteiger partial charge in [-0.2, -0.15) is 0 Å². The van der Waals surface area contributed by atoms with Crippen molar-refractivity contribution in [3.63, 3.8) is 0 Å². The zero-order chi connectivity index (χ0) is 18.5. The molecule has 3 aromatic rings. The Balaban J connectivity index is 1.69. The number of aryl methyl sites for hydroxylation is 2. The summed E-state index contributed by atoms with van der Waals surface area (Å²) >= 11 is 7.40. The van der Waals surface area contributed by atoms with Gasteiger partial charge in [-0.3, -0.25) is 0 Å². The van der Waals surface area contributed by atoms with Gasteiger partial charge < -0.3 is 9.26 Å². The second kappa shape index (κ2) is 8.38. The Morgan fingerprint density at radius 3 is 2.85 bits per heavy atom. The topological polar surface area (TPSA) is 65.2 Å². The maximum Gasteiger partial charge on any atom is 0.341 e. The van der Waals surface area contributed by atoms with Gasteiger partial charge in [-0.15, -0.1) is 11.8 Å². The molecule has 2 heterocycles. The minimum Gasteiger partial charge on any atom is -0.457 e. The molecule has 0 radical (unpaired) electrons. The third kappa shape index (κ3) is 4.45. The minimum absolute atomic E-state index is 0.155. The van der Waals surface area contributed by atoms with Crippen LogP contribution in [-0.2, 0) is 17.1 Å². The highest BCUT2D eigenvalue weighted by molar-refractivity contribution is 7.98.